The van der Waals surface area contributed by atoms with Crippen LogP contribution in [-0.4, -0.2) is 75.3 Å². The van der Waals surface area contributed by atoms with Gasteiger partial charge in [-0.2, -0.15) is 0 Å². The Bertz CT molecular complexity index is 2450. The maximum absolute atomic E-state index is 13.4. The second-order valence-corrected chi connectivity index (χ2v) is 20.0. The van der Waals surface area contributed by atoms with Crippen molar-refractivity contribution in [1.82, 2.24) is 0 Å². The van der Waals surface area contributed by atoms with E-state index in [2.05, 4.69) is 33.9 Å². The summed E-state index contributed by atoms with van der Waals surface area (Å²) in [5.74, 6) is -3.06. The van der Waals surface area contributed by atoms with E-state index in [1.165, 1.54) is 25.3 Å². The number of ether oxygens (including phenoxy) is 9. The maximum Gasteiger partial charge on any atom is 0.341 e. The number of esters is 7. The molecule has 0 aliphatic heterocycles. The molecule has 0 bridgehead atoms. The van der Waals surface area contributed by atoms with E-state index < -0.39 is 53.5 Å². The number of rotatable bonds is 27. The van der Waals surface area contributed by atoms with Crippen LogP contribution < -0.4 is 28.4 Å². The Morgan fingerprint density at radius 1 is 0.493 bits per heavy atom. The SMILES string of the molecule is C=CC(=O)OCCCCCCOc1ccc(OC(=O)C2CCC(C(=O)Oc3ccc(OC(=O)C4CCC(C(=O)Oc5ccc(OCCCCCCOC(=O)C=C)c(C(C)(C)C)c5)CC4)cc3C(=O)OC)CC2)cc1C. The molecule has 0 unspecified atom stereocenters. The average Bonchev–Trinajstić information content (AvgIpc) is 3.40. The number of unbranched alkanes of at least 4 members (excludes halogenated alkanes) is 6. The van der Waals surface area contributed by atoms with Crippen molar-refractivity contribution >= 4 is 41.8 Å². The highest BCUT2D eigenvalue weighted by molar-refractivity contribution is 5.94. The van der Waals surface area contributed by atoms with Crippen LogP contribution in [0.5, 0.6) is 34.5 Å². The van der Waals surface area contributed by atoms with Gasteiger partial charge in [-0.3, -0.25) is 19.2 Å². The first-order valence-electron chi connectivity index (χ1n) is 26.2. The molecular weight excluding hydrogens is 965 g/mol. The Balaban J connectivity index is 1.03. The van der Waals surface area contributed by atoms with Gasteiger partial charge in [0.05, 0.1) is 57.2 Å². The van der Waals surface area contributed by atoms with E-state index in [1.807, 2.05) is 19.1 Å². The van der Waals surface area contributed by atoms with Gasteiger partial charge in [-0.1, -0.05) is 33.9 Å². The number of carbonyl (C=O) groups excluding carboxylic acids is 7. The number of benzene rings is 3. The minimum absolute atomic E-state index is 0.0514. The quantitative estimate of drug-likeness (QED) is 0.0229. The molecule has 406 valence electrons. The monoisotopic (exact) mass is 1040 g/mol. The van der Waals surface area contributed by atoms with Crippen LogP contribution in [0.25, 0.3) is 0 Å². The Morgan fingerprint density at radius 2 is 0.867 bits per heavy atom. The molecule has 0 radical (unpaired) electrons. The van der Waals surface area contributed by atoms with Gasteiger partial charge in [-0.25, -0.2) is 14.4 Å². The van der Waals surface area contributed by atoms with Crippen LogP contribution >= 0.6 is 0 Å². The first-order valence-corrected chi connectivity index (χ1v) is 26.2. The first kappa shape index (κ1) is 58.9. The van der Waals surface area contributed by atoms with Crippen molar-refractivity contribution in [2.24, 2.45) is 23.7 Å². The third-order valence-electron chi connectivity index (χ3n) is 13.3. The standard InChI is InChI=1S/C59H74O16/c1-8-52(60)70-34-16-12-10-14-32-68-49-29-26-44(36-39(49)3)72-54(62)40-22-24-43(25-23-40)57(65)75-50-30-27-45(37-47(50)58(66)67-7)73-55(63)41-18-20-42(21-19-41)56(64)74-46-28-31-51(48(38-46)59(4,5)6)69-33-15-11-13-17-35-71-53(61)9-2/h8-9,26-31,36-38,40-43H,1-2,10-25,32-35H2,3-7H3. The van der Waals surface area contributed by atoms with Crippen LogP contribution in [0.3, 0.4) is 0 Å². The molecule has 0 amide bonds. The number of methoxy groups -OCH3 is 1. The summed E-state index contributed by atoms with van der Waals surface area (Å²) in [4.78, 5) is 88.5. The van der Waals surface area contributed by atoms with Crippen LogP contribution in [0.2, 0.25) is 0 Å². The number of hydrogen-bond donors (Lipinski definition) is 0. The molecule has 0 spiro atoms. The summed E-state index contributed by atoms with van der Waals surface area (Å²) in [6.45, 7) is 16.6. The fourth-order valence-corrected chi connectivity index (χ4v) is 8.93. The van der Waals surface area contributed by atoms with Crippen molar-refractivity contribution in [1.29, 1.82) is 0 Å². The average molecular weight is 1040 g/mol. The fraction of sp³-hybridized carbons (Fsp3) is 0.508. The fourth-order valence-electron chi connectivity index (χ4n) is 8.93. The van der Waals surface area contributed by atoms with Gasteiger partial charge < -0.3 is 42.6 Å². The minimum Gasteiger partial charge on any atom is -0.493 e. The highest BCUT2D eigenvalue weighted by Crippen LogP contribution is 2.38. The van der Waals surface area contributed by atoms with Gasteiger partial charge >= 0.3 is 41.8 Å². The van der Waals surface area contributed by atoms with Crippen molar-refractivity contribution in [2.45, 2.75) is 136 Å². The van der Waals surface area contributed by atoms with E-state index in [1.54, 1.807) is 24.3 Å². The molecule has 3 aromatic rings. The number of hydrogen-bond acceptors (Lipinski definition) is 16. The van der Waals surface area contributed by atoms with Gasteiger partial charge in [-0.15, -0.1) is 0 Å². The third kappa shape index (κ3) is 19.0. The van der Waals surface area contributed by atoms with Gasteiger partial charge in [0.25, 0.3) is 0 Å². The van der Waals surface area contributed by atoms with Gasteiger partial charge in [0.1, 0.15) is 40.1 Å². The largest absolute Gasteiger partial charge is 0.493 e. The molecule has 0 saturated heterocycles. The molecule has 0 aromatic heterocycles. The summed E-state index contributed by atoms with van der Waals surface area (Å²) in [6.07, 6.45) is 12.3. The summed E-state index contributed by atoms with van der Waals surface area (Å²) in [6, 6.07) is 14.7. The molecule has 2 aliphatic carbocycles. The smallest absolute Gasteiger partial charge is 0.341 e. The van der Waals surface area contributed by atoms with Crippen molar-refractivity contribution in [3.8, 4) is 34.5 Å². The second kappa shape index (κ2) is 29.8. The van der Waals surface area contributed by atoms with Crippen molar-refractivity contribution < 1.29 is 76.2 Å². The lowest BCUT2D eigenvalue weighted by Gasteiger charge is -2.27. The lowest BCUT2D eigenvalue weighted by molar-refractivity contribution is -0.145. The van der Waals surface area contributed by atoms with Gasteiger partial charge in [0.15, 0.2) is 0 Å². The summed E-state index contributed by atoms with van der Waals surface area (Å²) in [5.41, 5.74) is 1.34. The molecular formula is C59H74O16. The predicted octanol–water partition coefficient (Wildman–Crippen LogP) is 11.1. The summed E-state index contributed by atoms with van der Waals surface area (Å²) in [5, 5.41) is 0. The van der Waals surface area contributed by atoms with E-state index in [0.29, 0.717) is 95.0 Å². The maximum atomic E-state index is 13.4. The second-order valence-electron chi connectivity index (χ2n) is 20.0. The lowest BCUT2D eigenvalue weighted by atomic mass is 9.82. The minimum atomic E-state index is -0.792. The van der Waals surface area contributed by atoms with Crippen LogP contribution in [-0.2, 0) is 48.4 Å². The first-order chi connectivity index (χ1) is 36.0. The van der Waals surface area contributed by atoms with Crippen molar-refractivity contribution in [2.75, 3.05) is 33.5 Å². The Labute approximate surface area is 440 Å². The third-order valence-corrected chi connectivity index (χ3v) is 13.3. The van der Waals surface area contributed by atoms with E-state index in [-0.39, 0.29) is 34.4 Å². The molecule has 2 saturated carbocycles. The zero-order valence-corrected chi connectivity index (χ0v) is 44.2. The molecule has 0 atom stereocenters. The summed E-state index contributed by atoms with van der Waals surface area (Å²) < 4.78 is 50.1. The van der Waals surface area contributed by atoms with Crippen LogP contribution in [0.4, 0.5) is 0 Å². The molecule has 16 heteroatoms. The summed E-state index contributed by atoms with van der Waals surface area (Å²) in [7, 11) is 1.19. The van der Waals surface area contributed by atoms with Crippen molar-refractivity contribution in [3.05, 3.63) is 96.6 Å². The molecule has 16 nitrogen and oxygen atoms in total. The number of aryl methyl sites for hydroxylation is 1. The van der Waals surface area contributed by atoms with Crippen molar-refractivity contribution in [3.63, 3.8) is 0 Å². The van der Waals surface area contributed by atoms with E-state index in [4.69, 9.17) is 42.6 Å². The topological polar surface area (TPSA) is 203 Å². The zero-order valence-electron chi connectivity index (χ0n) is 44.2. The number of carbonyl (C=O) groups is 7. The molecule has 0 N–H and O–H groups in total. The normalized spacial score (nSPS) is 17.3. The van der Waals surface area contributed by atoms with E-state index in [0.717, 1.165) is 80.4 Å². The Kier molecular flexibility index (Phi) is 23.4. The van der Waals surface area contributed by atoms with Gasteiger partial charge in [0, 0.05) is 17.7 Å². The zero-order chi connectivity index (χ0) is 54.3. The molecule has 5 rings (SSSR count). The van der Waals surface area contributed by atoms with Crippen LogP contribution in [0.1, 0.15) is 145 Å². The summed E-state index contributed by atoms with van der Waals surface area (Å²) >= 11 is 0. The molecule has 2 fully saturated rings. The predicted molar refractivity (Wildman–Crippen MR) is 278 cm³/mol. The lowest BCUT2D eigenvalue weighted by Crippen LogP contribution is -2.31. The van der Waals surface area contributed by atoms with Gasteiger partial charge in [0.2, 0.25) is 0 Å². The molecule has 2 aliphatic rings. The van der Waals surface area contributed by atoms with E-state index >= 15 is 0 Å². The van der Waals surface area contributed by atoms with Gasteiger partial charge in [-0.05, 0) is 175 Å². The van der Waals surface area contributed by atoms with Crippen LogP contribution in [0, 0.1) is 30.6 Å². The van der Waals surface area contributed by atoms with Crippen LogP contribution in [0.15, 0.2) is 79.9 Å². The Hall–Kier alpha value is -6.97. The van der Waals surface area contributed by atoms with E-state index in [9.17, 15) is 33.6 Å². The molecule has 3 aromatic carbocycles. The molecule has 0 heterocycles. The highest BCUT2D eigenvalue weighted by Gasteiger charge is 2.35. The Morgan fingerprint density at radius 3 is 1.28 bits per heavy atom. The molecule has 75 heavy (non-hydrogen) atoms. The highest BCUT2D eigenvalue weighted by atomic mass is 16.6.